The van der Waals surface area contributed by atoms with Gasteiger partial charge in [0.2, 0.25) is 0 Å². The third-order valence-electron chi connectivity index (χ3n) is 2.39. The molecule has 0 aliphatic heterocycles. The number of rotatable bonds is 3. The minimum atomic E-state index is -0.200. The second-order valence-electron chi connectivity index (χ2n) is 3.60. The molecule has 17 heavy (non-hydrogen) atoms. The smallest absolute Gasteiger partial charge is 0.270 e. The number of carbonyl (C=O) groups is 1. The van der Waals surface area contributed by atoms with Gasteiger partial charge in [-0.15, -0.1) is 0 Å². The number of nitrogens with zero attached hydrogens (tertiary/aromatic N) is 1. The largest absolute Gasteiger partial charge is 0.398 e. The van der Waals surface area contributed by atoms with Crippen LogP contribution in [0.2, 0.25) is 0 Å². The number of anilines is 1. The molecule has 4 heteroatoms. The third kappa shape index (κ3) is 2.81. The number of hydrogen-bond donors (Lipinski definition) is 2. The molecule has 0 aliphatic carbocycles. The lowest BCUT2D eigenvalue weighted by Crippen LogP contribution is -2.24. The second-order valence-corrected chi connectivity index (χ2v) is 3.60. The number of pyridine rings is 1. The first-order valence-corrected chi connectivity index (χ1v) is 5.30. The molecule has 0 spiro atoms. The average molecular weight is 227 g/mol. The molecule has 1 aromatic carbocycles. The molecular weight excluding hydrogens is 214 g/mol. The van der Waals surface area contributed by atoms with E-state index in [-0.39, 0.29) is 5.91 Å². The van der Waals surface area contributed by atoms with Crippen molar-refractivity contribution >= 4 is 11.6 Å². The van der Waals surface area contributed by atoms with Crippen LogP contribution in [0, 0.1) is 0 Å². The molecule has 0 radical (unpaired) electrons. The van der Waals surface area contributed by atoms with Crippen LogP contribution < -0.4 is 11.1 Å². The summed E-state index contributed by atoms with van der Waals surface area (Å²) in [6.45, 7) is 0.405. The number of nitrogens with two attached hydrogens (primary N) is 1. The molecule has 0 saturated carbocycles. The van der Waals surface area contributed by atoms with Gasteiger partial charge in [0.25, 0.3) is 5.91 Å². The van der Waals surface area contributed by atoms with E-state index >= 15 is 0 Å². The van der Waals surface area contributed by atoms with Gasteiger partial charge < -0.3 is 11.1 Å². The third-order valence-corrected chi connectivity index (χ3v) is 2.39. The number of nitrogens with one attached hydrogen (secondary N) is 1. The summed E-state index contributed by atoms with van der Waals surface area (Å²) < 4.78 is 0. The maximum atomic E-state index is 11.7. The van der Waals surface area contributed by atoms with Crippen molar-refractivity contribution in [3.8, 4) is 0 Å². The number of benzene rings is 1. The first kappa shape index (κ1) is 11.1. The maximum absolute atomic E-state index is 11.7. The zero-order valence-corrected chi connectivity index (χ0v) is 9.26. The van der Waals surface area contributed by atoms with Crippen molar-refractivity contribution in [2.45, 2.75) is 6.54 Å². The van der Waals surface area contributed by atoms with Crippen molar-refractivity contribution in [2.24, 2.45) is 0 Å². The summed E-state index contributed by atoms with van der Waals surface area (Å²) in [5.74, 6) is -0.200. The van der Waals surface area contributed by atoms with Crippen molar-refractivity contribution < 1.29 is 4.79 Å². The van der Waals surface area contributed by atoms with E-state index in [1.807, 2.05) is 24.3 Å². The van der Waals surface area contributed by atoms with Crippen LogP contribution in [0.5, 0.6) is 0 Å². The summed E-state index contributed by atoms with van der Waals surface area (Å²) in [7, 11) is 0. The van der Waals surface area contributed by atoms with Gasteiger partial charge in [0.05, 0.1) is 0 Å². The standard InChI is InChI=1S/C13H13N3O/c14-11-6-2-1-5-10(11)9-16-13(17)12-7-3-4-8-15-12/h1-8H,9,14H2,(H,16,17). The second kappa shape index (κ2) is 5.12. The Labute approximate surface area is 99.5 Å². The van der Waals surface area contributed by atoms with Gasteiger partial charge in [-0.2, -0.15) is 0 Å². The fraction of sp³-hybridized carbons (Fsp3) is 0.0769. The normalized spacial score (nSPS) is 9.88. The van der Waals surface area contributed by atoms with Gasteiger partial charge in [-0.1, -0.05) is 24.3 Å². The predicted molar refractivity (Wildman–Crippen MR) is 66.3 cm³/mol. The Bertz CT molecular complexity index is 511. The van der Waals surface area contributed by atoms with Gasteiger partial charge in [-0.3, -0.25) is 9.78 Å². The van der Waals surface area contributed by atoms with E-state index in [9.17, 15) is 4.79 Å². The van der Waals surface area contributed by atoms with Crippen molar-refractivity contribution in [1.29, 1.82) is 0 Å². The summed E-state index contributed by atoms with van der Waals surface area (Å²) in [5, 5.41) is 2.77. The van der Waals surface area contributed by atoms with E-state index in [2.05, 4.69) is 10.3 Å². The summed E-state index contributed by atoms with van der Waals surface area (Å²) in [5.41, 5.74) is 7.76. The highest BCUT2D eigenvalue weighted by molar-refractivity contribution is 5.92. The van der Waals surface area contributed by atoms with Crippen molar-refractivity contribution in [3.63, 3.8) is 0 Å². The van der Waals surface area contributed by atoms with Crippen LogP contribution in [0.15, 0.2) is 48.7 Å². The highest BCUT2D eigenvalue weighted by Crippen LogP contribution is 2.09. The Hall–Kier alpha value is -2.36. The zero-order chi connectivity index (χ0) is 12.1. The Balaban J connectivity index is 2.00. The fourth-order valence-electron chi connectivity index (χ4n) is 1.46. The van der Waals surface area contributed by atoms with Gasteiger partial charge in [0.1, 0.15) is 5.69 Å². The lowest BCUT2D eigenvalue weighted by atomic mass is 10.2. The molecule has 1 heterocycles. The molecule has 2 rings (SSSR count). The first-order valence-electron chi connectivity index (χ1n) is 5.30. The van der Waals surface area contributed by atoms with Crippen LogP contribution in [-0.4, -0.2) is 10.9 Å². The molecular formula is C13H13N3O. The van der Waals surface area contributed by atoms with E-state index in [1.165, 1.54) is 0 Å². The number of para-hydroxylation sites is 1. The minimum absolute atomic E-state index is 0.200. The number of nitrogen functional groups attached to an aromatic ring is 1. The topological polar surface area (TPSA) is 68.0 Å². The number of aromatic nitrogens is 1. The minimum Gasteiger partial charge on any atom is -0.398 e. The Morgan fingerprint density at radius 1 is 1.18 bits per heavy atom. The SMILES string of the molecule is Nc1ccccc1CNC(=O)c1ccccn1. The van der Waals surface area contributed by atoms with Crippen LogP contribution in [0.1, 0.15) is 16.1 Å². The molecule has 86 valence electrons. The summed E-state index contributed by atoms with van der Waals surface area (Å²) in [4.78, 5) is 15.7. The molecule has 0 bridgehead atoms. The highest BCUT2D eigenvalue weighted by Gasteiger charge is 2.06. The highest BCUT2D eigenvalue weighted by atomic mass is 16.1. The van der Waals surface area contributed by atoms with Crippen LogP contribution in [0.3, 0.4) is 0 Å². The van der Waals surface area contributed by atoms with E-state index in [1.54, 1.807) is 24.4 Å². The molecule has 0 fully saturated rings. The van der Waals surface area contributed by atoms with Gasteiger partial charge in [-0.25, -0.2) is 0 Å². The predicted octanol–water partition coefficient (Wildman–Crippen LogP) is 1.59. The van der Waals surface area contributed by atoms with Crippen molar-refractivity contribution in [1.82, 2.24) is 10.3 Å². The van der Waals surface area contributed by atoms with Gasteiger partial charge >= 0.3 is 0 Å². The molecule has 0 saturated heterocycles. The number of carbonyl (C=O) groups excluding carboxylic acids is 1. The fourth-order valence-corrected chi connectivity index (χ4v) is 1.46. The molecule has 4 nitrogen and oxygen atoms in total. The average Bonchev–Trinajstić information content (AvgIpc) is 2.38. The van der Waals surface area contributed by atoms with Crippen LogP contribution in [-0.2, 0) is 6.54 Å². The molecule has 0 unspecified atom stereocenters. The zero-order valence-electron chi connectivity index (χ0n) is 9.26. The van der Waals surface area contributed by atoms with E-state index in [4.69, 9.17) is 5.73 Å². The summed E-state index contributed by atoms with van der Waals surface area (Å²) in [6, 6.07) is 12.7. The van der Waals surface area contributed by atoms with Crippen molar-refractivity contribution in [3.05, 3.63) is 59.9 Å². The molecule has 2 aromatic rings. The van der Waals surface area contributed by atoms with Crippen LogP contribution in [0.25, 0.3) is 0 Å². The van der Waals surface area contributed by atoms with Gasteiger partial charge in [0.15, 0.2) is 0 Å². The van der Waals surface area contributed by atoms with Crippen molar-refractivity contribution in [2.75, 3.05) is 5.73 Å². The van der Waals surface area contributed by atoms with Crippen LogP contribution >= 0.6 is 0 Å². The monoisotopic (exact) mass is 227 g/mol. The summed E-state index contributed by atoms with van der Waals surface area (Å²) >= 11 is 0. The molecule has 0 aliphatic rings. The molecule has 3 N–H and O–H groups in total. The van der Waals surface area contributed by atoms with Gasteiger partial charge in [-0.05, 0) is 23.8 Å². The first-order chi connectivity index (χ1) is 8.27. The van der Waals surface area contributed by atoms with E-state index < -0.39 is 0 Å². The Kier molecular flexibility index (Phi) is 3.35. The number of amides is 1. The molecule has 0 atom stereocenters. The molecule has 1 amide bonds. The van der Waals surface area contributed by atoms with Crippen LogP contribution in [0.4, 0.5) is 5.69 Å². The van der Waals surface area contributed by atoms with Gasteiger partial charge in [0, 0.05) is 18.4 Å². The maximum Gasteiger partial charge on any atom is 0.270 e. The Morgan fingerprint density at radius 2 is 1.94 bits per heavy atom. The lowest BCUT2D eigenvalue weighted by molar-refractivity contribution is 0.0946. The molecule has 1 aromatic heterocycles. The quantitative estimate of drug-likeness (QED) is 0.782. The number of hydrogen-bond acceptors (Lipinski definition) is 3. The van der Waals surface area contributed by atoms with E-state index in [0.717, 1.165) is 5.56 Å². The van der Waals surface area contributed by atoms with E-state index in [0.29, 0.717) is 17.9 Å². The summed E-state index contributed by atoms with van der Waals surface area (Å²) in [6.07, 6.45) is 1.59. The lowest BCUT2D eigenvalue weighted by Gasteiger charge is -2.06. The Morgan fingerprint density at radius 3 is 2.65 bits per heavy atom.